The molecule has 1 N–H and O–H groups in total. The minimum absolute atomic E-state index is 0.000693. The van der Waals surface area contributed by atoms with Crippen LogP contribution >= 0.6 is 11.6 Å². The second-order valence-electron chi connectivity index (χ2n) is 4.94. The summed E-state index contributed by atoms with van der Waals surface area (Å²) in [5.74, 6) is -1.66. The molecule has 0 bridgehead atoms. The number of esters is 1. The molecule has 1 heterocycles. The zero-order valence-electron chi connectivity index (χ0n) is 12.8. The number of hydrogen-bond donors (Lipinski definition) is 1. The van der Waals surface area contributed by atoms with Gasteiger partial charge in [0, 0.05) is 6.20 Å². The summed E-state index contributed by atoms with van der Waals surface area (Å²) in [6.45, 7) is 1.28. The van der Waals surface area contributed by atoms with E-state index in [0.717, 1.165) is 12.1 Å². The Morgan fingerprint density at radius 1 is 1.24 bits per heavy atom. The standard InChI is InChI=1S/C16H12ClF3N2O3/c1-9(25-15(24)12-4-2-3-7-21-12)14(23)22-13-8-10(16(18,19)20)5-6-11(13)17/h2-9H,1H3,(H,22,23)/t9-/m1/s1. The number of alkyl halides is 3. The largest absolute Gasteiger partial charge is 0.448 e. The number of pyridine rings is 1. The van der Waals surface area contributed by atoms with E-state index in [9.17, 15) is 22.8 Å². The van der Waals surface area contributed by atoms with Crippen LogP contribution in [0.2, 0.25) is 5.02 Å². The highest BCUT2D eigenvalue weighted by Gasteiger charge is 2.31. The van der Waals surface area contributed by atoms with Gasteiger partial charge in [-0.25, -0.2) is 9.78 Å². The quantitative estimate of drug-likeness (QED) is 0.825. The summed E-state index contributed by atoms with van der Waals surface area (Å²) in [7, 11) is 0. The van der Waals surface area contributed by atoms with Crippen LogP contribution in [0.3, 0.4) is 0 Å². The number of carbonyl (C=O) groups is 2. The number of nitrogens with one attached hydrogen (secondary N) is 1. The Kier molecular flexibility index (Phi) is 5.63. The molecule has 2 aromatic rings. The van der Waals surface area contributed by atoms with Gasteiger partial charge in [-0.05, 0) is 37.3 Å². The Hall–Kier alpha value is -2.61. The van der Waals surface area contributed by atoms with E-state index in [1.807, 2.05) is 0 Å². The Morgan fingerprint density at radius 3 is 2.56 bits per heavy atom. The van der Waals surface area contributed by atoms with Gasteiger partial charge in [-0.3, -0.25) is 4.79 Å². The van der Waals surface area contributed by atoms with Gasteiger partial charge in [0.15, 0.2) is 6.10 Å². The van der Waals surface area contributed by atoms with Crippen LogP contribution < -0.4 is 5.32 Å². The minimum atomic E-state index is -4.58. The third-order valence-corrected chi connectivity index (χ3v) is 3.41. The van der Waals surface area contributed by atoms with Crippen molar-refractivity contribution in [2.24, 2.45) is 0 Å². The first-order valence-electron chi connectivity index (χ1n) is 6.98. The molecule has 5 nitrogen and oxygen atoms in total. The van der Waals surface area contributed by atoms with Gasteiger partial charge < -0.3 is 10.1 Å². The number of halogens is 4. The van der Waals surface area contributed by atoms with Gasteiger partial charge in [0.2, 0.25) is 0 Å². The van der Waals surface area contributed by atoms with Crippen molar-refractivity contribution >= 4 is 29.2 Å². The van der Waals surface area contributed by atoms with Crippen LogP contribution in [0, 0.1) is 0 Å². The third-order valence-electron chi connectivity index (χ3n) is 3.08. The van der Waals surface area contributed by atoms with Gasteiger partial charge in [-0.1, -0.05) is 17.7 Å². The van der Waals surface area contributed by atoms with E-state index < -0.39 is 29.7 Å². The van der Waals surface area contributed by atoms with E-state index in [2.05, 4.69) is 10.3 Å². The molecule has 0 aliphatic rings. The molecule has 0 aliphatic heterocycles. The zero-order valence-corrected chi connectivity index (χ0v) is 13.6. The molecule has 9 heteroatoms. The first-order valence-corrected chi connectivity index (χ1v) is 7.36. The first kappa shape index (κ1) is 18.7. The van der Waals surface area contributed by atoms with Gasteiger partial charge in [0.25, 0.3) is 5.91 Å². The summed E-state index contributed by atoms with van der Waals surface area (Å²) >= 11 is 5.80. The predicted octanol–water partition coefficient (Wildman–Crippen LogP) is 3.94. The summed E-state index contributed by atoms with van der Waals surface area (Å²) in [5.41, 5.74) is -1.20. The van der Waals surface area contributed by atoms with Crippen LogP contribution in [-0.2, 0) is 15.7 Å². The molecular weight excluding hydrogens is 361 g/mol. The lowest BCUT2D eigenvalue weighted by Gasteiger charge is -2.15. The van der Waals surface area contributed by atoms with Crippen molar-refractivity contribution in [3.05, 3.63) is 58.9 Å². The van der Waals surface area contributed by atoms with E-state index in [1.165, 1.54) is 19.2 Å². The highest BCUT2D eigenvalue weighted by atomic mass is 35.5. The maximum absolute atomic E-state index is 12.7. The number of benzene rings is 1. The average molecular weight is 373 g/mol. The molecule has 1 aromatic heterocycles. The summed E-state index contributed by atoms with van der Waals surface area (Å²) in [6, 6.07) is 7.08. The first-order chi connectivity index (χ1) is 11.7. The van der Waals surface area contributed by atoms with Gasteiger partial charge in [-0.15, -0.1) is 0 Å². The topological polar surface area (TPSA) is 68.3 Å². The van der Waals surface area contributed by atoms with E-state index in [-0.39, 0.29) is 16.4 Å². The molecule has 1 aromatic carbocycles. The van der Waals surface area contributed by atoms with E-state index >= 15 is 0 Å². The number of anilines is 1. The van der Waals surface area contributed by atoms with Gasteiger partial charge in [-0.2, -0.15) is 13.2 Å². The number of nitrogens with zero attached hydrogens (tertiary/aromatic N) is 1. The van der Waals surface area contributed by atoms with Gasteiger partial charge in [0.1, 0.15) is 5.69 Å². The Morgan fingerprint density at radius 2 is 1.96 bits per heavy atom. The summed E-state index contributed by atoms with van der Waals surface area (Å²) < 4.78 is 43.1. The summed E-state index contributed by atoms with van der Waals surface area (Å²) in [5, 5.41) is 2.13. The number of carbonyl (C=O) groups excluding carboxylic acids is 2. The predicted molar refractivity (Wildman–Crippen MR) is 84.2 cm³/mol. The molecule has 0 spiro atoms. The summed E-state index contributed by atoms with van der Waals surface area (Å²) in [6.07, 6.45) is -4.47. The molecule has 1 amide bonds. The summed E-state index contributed by atoms with van der Waals surface area (Å²) in [4.78, 5) is 27.6. The molecule has 0 saturated carbocycles. The van der Waals surface area contributed by atoms with Crippen molar-refractivity contribution in [3.63, 3.8) is 0 Å². The third kappa shape index (κ3) is 4.93. The molecule has 0 fully saturated rings. The average Bonchev–Trinajstić information content (AvgIpc) is 2.56. The molecule has 0 saturated heterocycles. The number of amides is 1. The highest BCUT2D eigenvalue weighted by molar-refractivity contribution is 6.33. The number of ether oxygens (including phenoxy) is 1. The number of hydrogen-bond acceptors (Lipinski definition) is 4. The fraction of sp³-hybridized carbons (Fsp3) is 0.188. The van der Waals surface area contributed by atoms with Crippen LogP contribution in [0.1, 0.15) is 23.0 Å². The van der Waals surface area contributed by atoms with E-state index in [4.69, 9.17) is 16.3 Å². The Bertz CT molecular complexity index is 782. The molecule has 0 radical (unpaired) electrons. The molecular formula is C16H12ClF3N2O3. The van der Waals surface area contributed by atoms with Crippen LogP contribution in [0.4, 0.5) is 18.9 Å². The number of aromatic nitrogens is 1. The van der Waals surface area contributed by atoms with Crippen LogP contribution in [0.5, 0.6) is 0 Å². The minimum Gasteiger partial charge on any atom is -0.448 e. The fourth-order valence-electron chi connectivity index (χ4n) is 1.79. The van der Waals surface area contributed by atoms with Crippen molar-refractivity contribution in [1.29, 1.82) is 0 Å². The molecule has 0 aliphatic carbocycles. The lowest BCUT2D eigenvalue weighted by Crippen LogP contribution is -2.30. The zero-order chi connectivity index (χ0) is 18.6. The monoisotopic (exact) mass is 372 g/mol. The Balaban J connectivity index is 2.07. The smallest absolute Gasteiger partial charge is 0.416 e. The fourth-order valence-corrected chi connectivity index (χ4v) is 1.95. The van der Waals surface area contributed by atoms with Crippen LogP contribution in [-0.4, -0.2) is 23.0 Å². The molecule has 25 heavy (non-hydrogen) atoms. The van der Waals surface area contributed by atoms with Crippen molar-refractivity contribution in [3.8, 4) is 0 Å². The van der Waals surface area contributed by atoms with Crippen molar-refractivity contribution in [2.45, 2.75) is 19.2 Å². The second-order valence-corrected chi connectivity index (χ2v) is 5.35. The van der Waals surface area contributed by atoms with Crippen LogP contribution in [0.25, 0.3) is 0 Å². The van der Waals surface area contributed by atoms with Gasteiger partial charge in [0.05, 0.1) is 16.3 Å². The molecule has 1 atom stereocenters. The second kappa shape index (κ2) is 7.52. The lowest BCUT2D eigenvalue weighted by molar-refractivity contribution is -0.137. The normalized spacial score (nSPS) is 12.4. The van der Waals surface area contributed by atoms with Crippen molar-refractivity contribution < 1.29 is 27.5 Å². The van der Waals surface area contributed by atoms with E-state index in [1.54, 1.807) is 12.1 Å². The maximum Gasteiger partial charge on any atom is 0.416 e. The molecule has 0 unspecified atom stereocenters. The van der Waals surface area contributed by atoms with Gasteiger partial charge >= 0.3 is 12.1 Å². The molecule has 132 valence electrons. The van der Waals surface area contributed by atoms with Crippen LogP contribution in [0.15, 0.2) is 42.6 Å². The highest BCUT2D eigenvalue weighted by Crippen LogP contribution is 2.33. The number of rotatable bonds is 4. The SMILES string of the molecule is C[C@@H](OC(=O)c1ccccn1)C(=O)Nc1cc(C(F)(F)F)ccc1Cl. The van der Waals surface area contributed by atoms with E-state index in [0.29, 0.717) is 6.07 Å². The lowest BCUT2D eigenvalue weighted by atomic mass is 10.2. The Labute approximate surface area is 145 Å². The van der Waals surface area contributed by atoms with Crippen molar-refractivity contribution in [2.75, 3.05) is 5.32 Å². The van der Waals surface area contributed by atoms with Crippen molar-refractivity contribution in [1.82, 2.24) is 4.98 Å². The molecule has 2 rings (SSSR count). The maximum atomic E-state index is 12.7.